The Hall–Kier alpha value is -3.03. The first-order valence-corrected chi connectivity index (χ1v) is 8.09. The summed E-state index contributed by atoms with van der Waals surface area (Å²) in [4.78, 5) is 33.4. The third-order valence-electron chi connectivity index (χ3n) is 4.56. The maximum absolute atomic E-state index is 13.6. The molecule has 8 heteroatoms. The molecule has 1 fully saturated rings. The number of likely N-dealkylation sites (tertiary alicyclic amines) is 1. The van der Waals surface area contributed by atoms with E-state index in [0.29, 0.717) is 24.0 Å². The van der Waals surface area contributed by atoms with Gasteiger partial charge in [0.25, 0.3) is 5.91 Å². The molecule has 0 radical (unpaired) electrons. The topological polar surface area (TPSA) is 94.7 Å². The summed E-state index contributed by atoms with van der Waals surface area (Å²) in [5.74, 6) is 0.0993. The van der Waals surface area contributed by atoms with E-state index in [0.717, 1.165) is 18.7 Å². The Balaban J connectivity index is 1.70. The van der Waals surface area contributed by atoms with Crippen LogP contribution < -0.4 is 5.56 Å². The summed E-state index contributed by atoms with van der Waals surface area (Å²) in [5, 5.41) is 7.12. The number of benzene rings is 1. The van der Waals surface area contributed by atoms with E-state index in [1.807, 2.05) is 0 Å². The molecule has 1 aliphatic heterocycles. The van der Waals surface area contributed by atoms with E-state index in [1.54, 1.807) is 4.90 Å². The van der Waals surface area contributed by atoms with Crippen molar-refractivity contribution in [3.63, 3.8) is 0 Å². The Morgan fingerprint density at radius 3 is 3.00 bits per heavy atom. The summed E-state index contributed by atoms with van der Waals surface area (Å²) in [6, 6.07) is 5.24. The fourth-order valence-corrected chi connectivity index (χ4v) is 3.37. The predicted molar refractivity (Wildman–Crippen MR) is 88.8 cm³/mol. The number of nitrogens with zero attached hydrogens (tertiary/aromatic N) is 3. The summed E-state index contributed by atoms with van der Waals surface area (Å²) in [6.45, 7) is 1.07. The number of piperidine rings is 1. The van der Waals surface area contributed by atoms with Crippen LogP contribution in [0.2, 0.25) is 0 Å². The van der Waals surface area contributed by atoms with Gasteiger partial charge in [-0.15, -0.1) is 0 Å². The molecule has 1 atom stereocenters. The van der Waals surface area contributed by atoms with Gasteiger partial charge in [-0.3, -0.25) is 14.7 Å². The number of nitrogens with one attached hydrogen (secondary N) is 2. The lowest BCUT2D eigenvalue weighted by atomic mass is 9.96. The van der Waals surface area contributed by atoms with Gasteiger partial charge in [-0.25, -0.2) is 9.37 Å². The van der Waals surface area contributed by atoms with Gasteiger partial charge in [0.05, 0.1) is 5.56 Å². The molecule has 0 spiro atoms. The summed E-state index contributed by atoms with van der Waals surface area (Å²) in [7, 11) is 0. The van der Waals surface area contributed by atoms with Crippen LogP contribution in [0.4, 0.5) is 4.39 Å². The third kappa shape index (κ3) is 2.90. The zero-order valence-corrected chi connectivity index (χ0v) is 13.3. The molecule has 0 aliphatic carbocycles. The van der Waals surface area contributed by atoms with Crippen molar-refractivity contribution in [2.75, 3.05) is 13.1 Å². The summed E-state index contributed by atoms with van der Waals surface area (Å²) in [5.41, 5.74) is 0.281. The van der Waals surface area contributed by atoms with E-state index in [-0.39, 0.29) is 22.9 Å². The second-order valence-electron chi connectivity index (χ2n) is 6.20. The van der Waals surface area contributed by atoms with Gasteiger partial charge in [-0.05, 0) is 31.0 Å². The van der Waals surface area contributed by atoms with Gasteiger partial charge in [0, 0.05) is 36.0 Å². The number of hydrogen-bond acceptors (Lipinski definition) is 4. The average molecular weight is 341 g/mol. The SMILES string of the molecule is O=C(c1cc(=O)[nH]c2ccc(F)cc12)N1CCC[C@H](c2ncn[nH]2)C1. The van der Waals surface area contributed by atoms with Gasteiger partial charge in [0.1, 0.15) is 18.0 Å². The number of H-pyrrole nitrogens is 2. The van der Waals surface area contributed by atoms with Crippen LogP contribution in [0.5, 0.6) is 0 Å². The largest absolute Gasteiger partial charge is 0.338 e. The Labute approximate surface area is 141 Å². The van der Waals surface area contributed by atoms with E-state index in [9.17, 15) is 14.0 Å². The van der Waals surface area contributed by atoms with E-state index >= 15 is 0 Å². The number of fused-ring (bicyclic) bond motifs is 1. The molecule has 0 saturated carbocycles. The van der Waals surface area contributed by atoms with Gasteiger partial charge in [0.2, 0.25) is 5.56 Å². The highest BCUT2D eigenvalue weighted by atomic mass is 19.1. The second kappa shape index (κ2) is 6.12. The van der Waals surface area contributed by atoms with Crippen molar-refractivity contribution < 1.29 is 9.18 Å². The lowest BCUT2D eigenvalue weighted by Crippen LogP contribution is -2.39. The Morgan fingerprint density at radius 1 is 1.32 bits per heavy atom. The molecular weight excluding hydrogens is 325 g/mol. The number of halogens is 1. The van der Waals surface area contributed by atoms with Crippen LogP contribution in [0.1, 0.15) is 34.9 Å². The van der Waals surface area contributed by atoms with Crippen LogP contribution >= 0.6 is 0 Å². The van der Waals surface area contributed by atoms with E-state index in [2.05, 4.69) is 20.2 Å². The molecule has 25 heavy (non-hydrogen) atoms. The molecule has 3 heterocycles. The molecule has 7 nitrogen and oxygen atoms in total. The monoisotopic (exact) mass is 341 g/mol. The fraction of sp³-hybridized carbons (Fsp3) is 0.294. The highest BCUT2D eigenvalue weighted by Crippen LogP contribution is 2.26. The number of rotatable bonds is 2. The molecule has 0 bridgehead atoms. The van der Waals surface area contributed by atoms with Crippen LogP contribution in [0.15, 0.2) is 35.4 Å². The Kier molecular flexibility index (Phi) is 3.79. The quantitative estimate of drug-likeness (QED) is 0.743. The number of hydrogen-bond donors (Lipinski definition) is 2. The van der Waals surface area contributed by atoms with Gasteiger partial charge in [-0.2, -0.15) is 5.10 Å². The van der Waals surface area contributed by atoms with Crippen molar-refractivity contribution in [2.24, 2.45) is 0 Å². The maximum Gasteiger partial charge on any atom is 0.254 e. The smallest absolute Gasteiger partial charge is 0.254 e. The lowest BCUT2D eigenvalue weighted by Gasteiger charge is -2.32. The first-order valence-electron chi connectivity index (χ1n) is 8.09. The molecule has 4 rings (SSSR count). The first-order chi connectivity index (χ1) is 12.1. The van der Waals surface area contributed by atoms with Gasteiger partial charge in [-0.1, -0.05) is 0 Å². The molecular formula is C17H16FN5O2. The van der Waals surface area contributed by atoms with E-state index < -0.39 is 5.82 Å². The minimum absolute atomic E-state index is 0.0743. The Bertz CT molecular complexity index is 982. The number of amides is 1. The van der Waals surface area contributed by atoms with Crippen LogP contribution in [0, 0.1) is 5.82 Å². The molecule has 1 aliphatic rings. The highest BCUT2D eigenvalue weighted by molar-refractivity contribution is 6.06. The minimum Gasteiger partial charge on any atom is -0.338 e. The number of aromatic amines is 2. The molecule has 128 valence electrons. The lowest BCUT2D eigenvalue weighted by molar-refractivity contribution is 0.0706. The normalized spacial score (nSPS) is 17.8. The van der Waals surface area contributed by atoms with Crippen molar-refractivity contribution in [3.05, 3.63) is 58.2 Å². The number of aromatic nitrogens is 4. The van der Waals surface area contributed by atoms with Crippen molar-refractivity contribution in [1.29, 1.82) is 0 Å². The van der Waals surface area contributed by atoms with Gasteiger partial charge in [0.15, 0.2) is 0 Å². The Morgan fingerprint density at radius 2 is 2.20 bits per heavy atom. The standard InChI is InChI=1S/C17H16FN5O2/c18-11-3-4-14-12(6-11)13(7-15(24)21-14)17(25)23-5-1-2-10(8-23)16-19-9-20-22-16/h3-4,6-7,9-10H,1-2,5,8H2,(H,21,24)(H,19,20,22)/t10-/m0/s1. The summed E-state index contributed by atoms with van der Waals surface area (Å²) in [6.07, 6.45) is 3.18. The molecule has 1 amide bonds. The molecule has 1 aromatic carbocycles. The minimum atomic E-state index is -0.452. The molecule has 3 aromatic rings. The van der Waals surface area contributed by atoms with Crippen molar-refractivity contribution in [3.8, 4) is 0 Å². The van der Waals surface area contributed by atoms with E-state index in [4.69, 9.17) is 0 Å². The van der Waals surface area contributed by atoms with Gasteiger partial charge >= 0.3 is 0 Å². The van der Waals surface area contributed by atoms with Crippen LogP contribution in [-0.4, -0.2) is 44.1 Å². The fourth-order valence-electron chi connectivity index (χ4n) is 3.37. The third-order valence-corrected chi connectivity index (χ3v) is 4.56. The number of carbonyl (C=O) groups is 1. The van der Waals surface area contributed by atoms with Crippen LogP contribution in [0.25, 0.3) is 10.9 Å². The average Bonchev–Trinajstić information content (AvgIpc) is 3.16. The molecule has 2 N–H and O–H groups in total. The molecule has 0 unspecified atom stereocenters. The zero-order chi connectivity index (χ0) is 17.4. The van der Waals surface area contributed by atoms with Crippen molar-refractivity contribution in [1.82, 2.24) is 25.1 Å². The highest BCUT2D eigenvalue weighted by Gasteiger charge is 2.28. The summed E-state index contributed by atoms with van der Waals surface area (Å²) < 4.78 is 13.6. The van der Waals surface area contributed by atoms with Gasteiger partial charge < -0.3 is 9.88 Å². The van der Waals surface area contributed by atoms with Crippen LogP contribution in [0.3, 0.4) is 0 Å². The summed E-state index contributed by atoms with van der Waals surface area (Å²) >= 11 is 0. The predicted octanol–water partition coefficient (Wildman–Crippen LogP) is 1.81. The maximum atomic E-state index is 13.6. The van der Waals surface area contributed by atoms with Crippen molar-refractivity contribution >= 4 is 16.8 Å². The second-order valence-corrected chi connectivity index (χ2v) is 6.20. The van der Waals surface area contributed by atoms with E-state index in [1.165, 1.54) is 30.6 Å². The van der Waals surface area contributed by atoms with Crippen molar-refractivity contribution in [2.45, 2.75) is 18.8 Å². The zero-order valence-electron chi connectivity index (χ0n) is 13.3. The number of carbonyl (C=O) groups excluding carboxylic acids is 1. The molecule has 1 saturated heterocycles. The molecule has 2 aromatic heterocycles. The first kappa shape index (κ1) is 15.5. The number of pyridine rings is 1. The van der Waals surface area contributed by atoms with Crippen LogP contribution in [-0.2, 0) is 0 Å².